The van der Waals surface area contributed by atoms with Crippen LogP contribution in [0.4, 0.5) is 0 Å². The Morgan fingerprint density at radius 3 is 2.33 bits per heavy atom. The average Bonchev–Trinajstić information content (AvgIpc) is 2.28. The highest BCUT2D eigenvalue weighted by Crippen LogP contribution is 2.36. The van der Waals surface area contributed by atoms with Gasteiger partial charge in [0.15, 0.2) is 0 Å². The van der Waals surface area contributed by atoms with Crippen molar-refractivity contribution in [3.05, 3.63) is 29.8 Å². The second-order valence-corrected chi connectivity index (χ2v) is 6.78. The molecule has 4 heteroatoms. The van der Waals surface area contributed by atoms with Gasteiger partial charge in [-0.1, -0.05) is 31.0 Å². The van der Waals surface area contributed by atoms with Crippen LogP contribution in [0.25, 0.3) is 0 Å². The lowest BCUT2D eigenvalue weighted by Crippen LogP contribution is -2.28. The zero-order valence-corrected chi connectivity index (χ0v) is 11.7. The fraction of sp³-hybridized carbons (Fsp3) is 0.571. The fourth-order valence-corrected chi connectivity index (χ4v) is 3.28. The highest BCUT2D eigenvalue weighted by molar-refractivity contribution is 7.86. The van der Waals surface area contributed by atoms with Gasteiger partial charge >= 0.3 is 0 Å². The lowest BCUT2D eigenvalue weighted by molar-refractivity contribution is 0.121. The van der Waals surface area contributed by atoms with E-state index in [0.717, 1.165) is 24.3 Å². The predicted octanol–water partition coefficient (Wildman–Crippen LogP) is 3.14. The van der Waals surface area contributed by atoms with Crippen molar-refractivity contribution < 1.29 is 12.6 Å². The Labute approximate surface area is 109 Å². The van der Waals surface area contributed by atoms with Crippen molar-refractivity contribution in [2.24, 2.45) is 11.8 Å². The molecule has 0 atom stereocenters. The summed E-state index contributed by atoms with van der Waals surface area (Å²) in [5.41, 5.74) is 1.04. The molecule has 0 aliphatic heterocycles. The highest BCUT2D eigenvalue weighted by Gasteiger charge is 2.29. The van der Waals surface area contributed by atoms with Gasteiger partial charge in [-0.05, 0) is 43.7 Å². The van der Waals surface area contributed by atoms with Crippen molar-refractivity contribution >= 4 is 10.1 Å². The Kier molecular flexibility index (Phi) is 4.07. The summed E-state index contributed by atoms with van der Waals surface area (Å²) in [7, 11) is -3.57. The maximum atomic E-state index is 11.9. The fourth-order valence-electron chi connectivity index (χ4n) is 2.30. The van der Waals surface area contributed by atoms with E-state index in [2.05, 4.69) is 6.92 Å². The van der Waals surface area contributed by atoms with Crippen molar-refractivity contribution in [3.8, 4) is 0 Å². The van der Waals surface area contributed by atoms with Gasteiger partial charge in [-0.15, -0.1) is 0 Å². The lowest BCUT2D eigenvalue weighted by Gasteiger charge is -2.34. The lowest BCUT2D eigenvalue weighted by atomic mass is 9.74. The number of benzene rings is 1. The number of hydrogen-bond donors (Lipinski definition) is 0. The molecule has 0 saturated heterocycles. The zero-order chi connectivity index (χ0) is 13.2. The number of hydrogen-bond acceptors (Lipinski definition) is 3. The van der Waals surface area contributed by atoms with Crippen LogP contribution in [-0.2, 0) is 14.3 Å². The summed E-state index contributed by atoms with van der Waals surface area (Å²) in [6, 6.07) is 6.76. The second-order valence-electron chi connectivity index (χ2n) is 5.16. The number of aryl methyl sites for hydroxylation is 1. The van der Waals surface area contributed by atoms with Crippen LogP contribution in [0.2, 0.25) is 0 Å². The maximum Gasteiger partial charge on any atom is 0.296 e. The van der Waals surface area contributed by atoms with Crippen LogP contribution in [0.1, 0.15) is 31.7 Å². The first kappa shape index (κ1) is 13.6. The third-order valence-electron chi connectivity index (χ3n) is 3.68. The molecule has 1 aromatic carbocycles. The van der Waals surface area contributed by atoms with Gasteiger partial charge in [0.25, 0.3) is 10.1 Å². The van der Waals surface area contributed by atoms with Gasteiger partial charge in [0.1, 0.15) is 0 Å². The molecule has 0 N–H and O–H groups in total. The van der Waals surface area contributed by atoms with E-state index in [0.29, 0.717) is 12.5 Å². The SMILES string of the molecule is CCC1CC(COS(=O)(=O)c2ccc(C)cc2)C1. The zero-order valence-electron chi connectivity index (χ0n) is 10.9. The first-order valence-electron chi connectivity index (χ1n) is 6.47. The van der Waals surface area contributed by atoms with Crippen LogP contribution in [-0.4, -0.2) is 15.0 Å². The molecule has 2 rings (SSSR count). The van der Waals surface area contributed by atoms with Gasteiger partial charge in [-0.2, -0.15) is 8.42 Å². The topological polar surface area (TPSA) is 43.4 Å². The Morgan fingerprint density at radius 1 is 1.17 bits per heavy atom. The molecule has 0 heterocycles. The van der Waals surface area contributed by atoms with Crippen LogP contribution >= 0.6 is 0 Å². The first-order valence-corrected chi connectivity index (χ1v) is 7.88. The molecule has 0 bridgehead atoms. The smallest absolute Gasteiger partial charge is 0.266 e. The number of rotatable bonds is 5. The minimum Gasteiger partial charge on any atom is -0.266 e. The van der Waals surface area contributed by atoms with Gasteiger partial charge in [0.2, 0.25) is 0 Å². The molecule has 1 fully saturated rings. The Hall–Kier alpha value is -0.870. The van der Waals surface area contributed by atoms with Gasteiger partial charge in [0.05, 0.1) is 11.5 Å². The minimum atomic E-state index is -3.57. The molecule has 1 aliphatic carbocycles. The van der Waals surface area contributed by atoms with Crippen molar-refractivity contribution in [3.63, 3.8) is 0 Å². The molecule has 3 nitrogen and oxygen atoms in total. The molecule has 1 aliphatic rings. The summed E-state index contributed by atoms with van der Waals surface area (Å²) in [5, 5.41) is 0. The molecule has 1 saturated carbocycles. The molecular weight excluding hydrogens is 248 g/mol. The van der Waals surface area contributed by atoms with E-state index in [4.69, 9.17) is 4.18 Å². The summed E-state index contributed by atoms with van der Waals surface area (Å²) in [6.45, 7) is 4.42. The summed E-state index contributed by atoms with van der Waals surface area (Å²) in [4.78, 5) is 0.250. The minimum absolute atomic E-state index is 0.250. The van der Waals surface area contributed by atoms with Crippen LogP contribution in [0.5, 0.6) is 0 Å². The third-order valence-corrected chi connectivity index (χ3v) is 4.98. The van der Waals surface area contributed by atoms with Crippen molar-refractivity contribution in [2.75, 3.05) is 6.61 Å². The molecule has 18 heavy (non-hydrogen) atoms. The van der Waals surface area contributed by atoms with Gasteiger partial charge in [-0.3, -0.25) is 4.18 Å². The van der Waals surface area contributed by atoms with Crippen LogP contribution in [0, 0.1) is 18.8 Å². The van der Waals surface area contributed by atoms with E-state index >= 15 is 0 Å². The third kappa shape index (κ3) is 3.12. The molecule has 0 amide bonds. The molecule has 1 aromatic rings. The Morgan fingerprint density at radius 2 is 1.78 bits per heavy atom. The van der Waals surface area contributed by atoms with Crippen molar-refractivity contribution in [2.45, 2.75) is 38.0 Å². The normalized spacial score (nSPS) is 23.7. The van der Waals surface area contributed by atoms with E-state index in [1.807, 2.05) is 6.92 Å². The predicted molar refractivity (Wildman–Crippen MR) is 70.8 cm³/mol. The molecule has 0 unspecified atom stereocenters. The highest BCUT2D eigenvalue weighted by atomic mass is 32.2. The standard InChI is InChI=1S/C14H20O3S/c1-3-12-8-13(9-12)10-17-18(15,16)14-6-4-11(2)5-7-14/h4-7,12-13H,3,8-10H2,1-2H3. The summed E-state index contributed by atoms with van der Waals surface area (Å²) in [6.07, 6.45) is 3.38. The van der Waals surface area contributed by atoms with Crippen LogP contribution in [0.15, 0.2) is 29.2 Å². The molecule has 0 aromatic heterocycles. The van der Waals surface area contributed by atoms with E-state index < -0.39 is 10.1 Å². The van der Waals surface area contributed by atoms with Crippen LogP contribution in [0.3, 0.4) is 0 Å². The monoisotopic (exact) mass is 268 g/mol. The molecule has 0 spiro atoms. The van der Waals surface area contributed by atoms with Crippen molar-refractivity contribution in [1.82, 2.24) is 0 Å². The summed E-state index contributed by atoms with van der Waals surface area (Å²) < 4.78 is 29.0. The second kappa shape index (κ2) is 5.41. The first-order chi connectivity index (χ1) is 8.51. The van der Waals surface area contributed by atoms with E-state index in [1.54, 1.807) is 24.3 Å². The van der Waals surface area contributed by atoms with Crippen molar-refractivity contribution in [1.29, 1.82) is 0 Å². The van der Waals surface area contributed by atoms with Gasteiger partial charge in [0, 0.05) is 0 Å². The van der Waals surface area contributed by atoms with E-state index in [9.17, 15) is 8.42 Å². The summed E-state index contributed by atoms with van der Waals surface area (Å²) in [5.74, 6) is 1.18. The van der Waals surface area contributed by atoms with E-state index in [1.165, 1.54) is 6.42 Å². The average molecular weight is 268 g/mol. The van der Waals surface area contributed by atoms with E-state index in [-0.39, 0.29) is 4.90 Å². The maximum absolute atomic E-state index is 11.9. The molecule has 100 valence electrons. The Balaban J connectivity index is 1.90. The molecule has 0 radical (unpaired) electrons. The largest absolute Gasteiger partial charge is 0.296 e. The van der Waals surface area contributed by atoms with Gasteiger partial charge < -0.3 is 0 Å². The van der Waals surface area contributed by atoms with Crippen LogP contribution < -0.4 is 0 Å². The van der Waals surface area contributed by atoms with Gasteiger partial charge in [-0.25, -0.2) is 0 Å². The Bertz CT molecular complexity index is 484. The summed E-state index contributed by atoms with van der Waals surface area (Å²) >= 11 is 0. The molecular formula is C14H20O3S. The quantitative estimate of drug-likeness (QED) is 0.771.